The highest BCUT2D eigenvalue weighted by atomic mass is 32.2. The quantitative estimate of drug-likeness (QED) is 0.637. The van der Waals surface area contributed by atoms with Crippen LogP contribution >= 0.6 is 11.3 Å². The fourth-order valence-electron chi connectivity index (χ4n) is 2.39. The highest BCUT2D eigenvalue weighted by molar-refractivity contribution is 7.94. The molecule has 26 heavy (non-hydrogen) atoms. The van der Waals surface area contributed by atoms with Crippen LogP contribution in [0.3, 0.4) is 0 Å². The number of hydrogen-bond donors (Lipinski definition) is 2. The number of benzene rings is 1. The van der Waals surface area contributed by atoms with E-state index in [-0.39, 0.29) is 16.1 Å². The maximum absolute atomic E-state index is 12.4. The Hall–Kier alpha value is -2.45. The molecule has 136 valence electrons. The van der Waals surface area contributed by atoms with Crippen molar-refractivity contribution in [1.29, 1.82) is 0 Å². The zero-order valence-electron chi connectivity index (χ0n) is 14.5. The van der Waals surface area contributed by atoms with Crippen LogP contribution in [0.15, 0.2) is 58.8 Å². The van der Waals surface area contributed by atoms with E-state index in [0.29, 0.717) is 5.82 Å². The average Bonchev–Trinajstić information content (AvgIpc) is 3.14. The van der Waals surface area contributed by atoms with E-state index in [1.165, 1.54) is 11.3 Å². The van der Waals surface area contributed by atoms with Gasteiger partial charge in [0.15, 0.2) is 5.82 Å². The lowest BCUT2D eigenvalue weighted by Crippen LogP contribution is -2.14. The predicted molar refractivity (Wildman–Crippen MR) is 105 cm³/mol. The smallest absolute Gasteiger partial charge is 0.272 e. The Morgan fingerprint density at radius 3 is 2.31 bits per heavy atom. The molecule has 8 heteroatoms. The monoisotopic (exact) mass is 388 g/mol. The number of thiophene rings is 1. The van der Waals surface area contributed by atoms with Crippen molar-refractivity contribution in [3.63, 3.8) is 0 Å². The van der Waals surface area contributed by atoms with Gasteiger partial charge in [0.05, 0.1) is 0 Å². The summed E-state index contributed by atoms with van der Waals surface area (Å²) in [5.74, 6) is 0.767. The van der Waals surface area contributed by atoms with Crippen LogP contribution in [-0.4, -0.2) is 18.6 Å². The maximum atomic E-state index is 12.4. The van der Waals surface area contributed by atoms with Gasteiger partial charge in [-0.2, -0.15) is 0 Å². The molecule has 3 aromatic rings. The first-order valence-electron chi connectivity index (χ1n) is 8.24. The molecule has 0 amide bonds. The van der Waals surface area contributed by atoms with Crippen LogP contribution in [0, 0.1) is 0 Å². The molecule has 0 aliphatic heterocycles. The molecular formula is C18H20N4O2S2. The van der Waals surface area contributed by atoms with E-state index in [4.69, 9.17) is 0 Å². The van der Waals surface area contributed by atoms with Crippen molar-refractivity contribution in [2.24, 2.45) is 0 Å². The highest BCUT2D eigenvalue weighted by Crippen LogP contribution is 2.24. The lowest BCUT2D eigenvalue weighted by molar-refractivity contribution is 0.603. The SMILES string of the molecule is CCc1ccc(S(=O)(=O)Nc2ccc(NC(C)c3ccccc3)nn2)s1. The number of aryl methyl sites for hydroxylation is 1. The molecule has 0 radical (unpaired) electrons. The van der Waals surface area contributed by atoms with Gasteiger partial charge in [0.25, 0.3) is 10.0 Å². The molecule has 3 rings (SSSR count). The zero-order valence-corrected chi connectivity index (χ0v) is 16.1. The van der Waals surface area contributed by atoms with Crippen LogP contribution in [0.25, 0.3) is 0 Å². The van der Waals surface area contributed by atoms with Crippen molar-refractivity contribution >= 4 is 33.0 Å². The second-order valence-electron chi connectivity index (χ2n) is 5.76. The normalized spacial score (nSPS) is 12.5. The molecule has 0 fully saturated rings. The first-order valence-corrected chi connectivity index (χ1v) is 10.5. The topological polar surface area (TPSA) is 84.0 Å². The van der Waals surface area contributed by atoms with Crippen molar-refractivity contribution in [2.45, 2.75) is 30.5 Å². The third-order valence-electron chi connectivity index (χ3n) is 3.82. The van der Waals surface area contributed by atoms with Crippen LogP contribution in [0.2, 0.25) is 0 Å². The van der Waals surface area contributed by atoms with Crippen LogP contribution in [-0.2, 0) is 16.4 Å². The Kier molecular flexibility index (Phi) is 5.53. The molecule has 1 unspecified atom stereocenters. The van der Waals surface area contributed by atoms with E-state index in [2.05, 4.69) is 20.2 Å². The fraction of sp³-hybridized carbons (Fsp3) is 0.222. The molecule has 0 saturated heterocycles. The summed E-state index contributed by atoms with van der Waals surface area (Å²) in [5, 5.41) is 11.3. The van der Waals surface area contributed by atoms with Crippen LogP contribution in [0.4, 0.5) is 11.6 Å². The molecule has 1 atom stereocenters. The molecule has 2 aromatic heterocycles. The van der Waals surface area contributed by atoms with E-state index in [1.54, 1.807) is 18.2 Å². The highest BCUT2D eigenvalue weighted by Gasteiger charge is 2.17. The van der Waals surface area contributed by atoms with Gasteiger partial charge in [-0.15, -0.1) is 21.5 Å². The van der Waals surface area contributed by atoms with Crippen LogP contribution in [0.1, 0.15) is 30.3 Å². The van der Waals surface area contributed by atoms with E-state index in [1.807, 2.05) is 50.2 Å². The van der Waals surface area contributed by atoms with Crippen molar-refractivity contribution in [3.05, 3.63) is 65.0 Å². The van der Waals surface area contributed by atoms with Gasteiger partial charge in [-0.25, -0.2) is 8.42 Å². The third kappa shape index (κ3) is 4.39. The number of rotatable bonds is 7. The van der Waals surface area contributed by atoms with E-state index >= 15 is 0 Å². The van der Waals surface area contributed by atoms with Gasteiger partial charge in [0, 0.05) is 10.9 Å². The summed E-state index contributed by atoms with van der Waals surface area (Å²) in [5.41, 5.74) is 1.13. The molecular weight excluding hydrogens is 368 g/mol. The molecule has 0 spiro atoms. The average molecular weight is 389 g/mol. The summed E-state index contributed by atoms with van der Waals surface area (Å²) < 4.78 is 27.5. The van der Waals surface area contributed by atoms with Crippen molar-refractivity contribution in [1.82, 2.24) is 10.2 Å². The summed E-state index contributed by atoms with van der Waals surface area (Å²) in [7, 11) is -3.64. The Morgan fingerprint density at radius 2 is 1.69 bits per heavy atom. The minimum absolute atomic E-state index is 0.0617. The largest absolute Gasteiger partial charge is 0.362 e. The molecule has 0 aliphatic rings. The standard InChI is InChI=1S/C18H20N4O2S2/c1-3-15-9-12-18(25-15)26(23,24)22-17-11-10-16(20-21-17)19-13(2)14-7-5-4-6-8-14/h4-13H,3H2,1-2H3,(H,19,20)(H,21,22). The minimum Gasteiger partial charge on any atom is -0.362 e. The van der Waals surface area contributed by atoms with Gasteiger partial charge in [-0.1, -0.05) is 37.3 Å². The van der Waals surface area contributed by atoms with Crippen LogP contribution in [0.5, 0.6) is 0 Å². The summed E-state index contributed by atoms with van der Waals surface area (Å²) in [4.78, 5) is 1.02. The Bertz CT molecular complexity index is 954. The van der Waals surface area contributed by atoms with Gasteiger partial charge >= 0.3 is 0 Å². The van der Waals surface area contributed by atoms with Crippen molar-refractivity contribution < 1.29 is 8.42 Å². The first kappa shape index (κ1) is 18.3. The van der Waals surface area contributed by atoms with E-state index in [0.717, 1.165) is 16.9 Å². The molecule has 0 saturated carbocycles. The van der Waals surface area contributed by atoms with E-state index in [9.17, 15) is 8.42 Å². The van der Waals surface area contributed by atoms with Crippen molar-refractivity contribution in [3.8, 4) is 0 Å². The maximum Gasteiger partial charge on any atom is 0.272 e. The summed E-state index contributed by atoms with van der Waals surface area (Å²) in [6.07, 6.45) is 0.806. The molecule has 2 N–H and O–H groups in total. The number of hydrogen-bond acceptors (Lipinski definition) is 6. The second kappa shape index (κ2) is 7.84. The number of nitrogens with one attached hydrogen (secondary N) is 2. The summed E-state index contributed by atoms with van der Waals surface area (Å²) in [6.45, 7) is 4.01. The molecule has 0 bridgehead atoms. The van der Waals surface area contributed by atoms with Gasteiger partial charge in [0.1, 0.15) is 10.0 Å². The number of sulfonamides is 1. The number of aromatic nitrogens is 2. The first-order chi connectivity index (χ1) is 12.5. The Labute approximate surface area is 157 Å². The van der Waals surface area contributed by atoms with Gasteiger partial charge in [0.2, 0.25) is 0 Å². The molecule has 1 aromatic carbocycles. The van der Waals surface area contributed by atoms with Gasteiger partial charge in [-0.3, -0.25) is 4.72 Å². The zero-order chi connectivity index (χ0) is 18.6. The van der Waals surface area contributed by atoms with Crippen molar-refractivity contribution in [2.75, 3.05) is 10.0 Å². The summed E-state index contributed by atoms with van der Waals surface area (Å²) >= 11 is 1.26. The Balaban J connectivity index is 1.67. The second-order valence-corrected chi connectivity index (χ2v) is 8.84. The molecule has 6 nitrogen and oxygen atoms in total. The van der Waals surface area contributed by atoms with Crippen LogP contribution < -0.4 is 10.0 Å². The fourth-order valence-corrected chi connectivity index (χ4v) is 4.68. The predicted octanol–water partition coefficient (Wildman–Crippen LogP) is 4.07. The van der Waals surface area contributed by atoms with Gasteiger partial charge < -0.3 is 5.32 Å². The number of anilines is 2. The number of nitrogens with zero attached hydrogens (tertiary/aromatic N) is 2. The lowest BCUT2D eigenvalue weighted by Gasteiger charge is -2.14. The summed E-state index contributed by atoms with van der Waals surface area (Å²) in [6, 6.07) is 16.8. The third-order valence-corrected chi connectivity index (χ3v) is 6.89. The molecule has 0 aliphatic carbocycles. The van der Waals surface area contributed by atoms with Gasteiger partial charge in [-0.05, 0) is 43.2 Å². The minimum atomic E-state index is -3.64. The molecule has 2 heterocycles. The lowest BCUT2D eigenvalue weighted by atomic mass is 10.1. The Morgan fingerprint density at radius 1 is 1.00 bits per heavy atom. The van der Waals surface area contributed by atoms with E-state index < -0.39 is 10.0 Å².